The van der Waals surface area contributed by atoms with Crippen molar-refractivity contribution < 1.29 is 4.92 Å². The van der Waals surface area contributed by atoms with Gasteiger partial charge >= 0.3 is 0 Å². The van der Waals surface area contributed by atoms with Gasteiger partial charge in [-0.05, 0) is 0 Å². The lowest BCUT2D eigenvalue weighted by Crippen LogP contribution is -1.89. The van der Waals surface area contributed by atoms with E-state index in [0.717, 1.165) is 4.83 Å². The summed E-state index contributed by atoms with van der Waals surface area (Å²) in [6.45, 7) is 0. The summed E-state index contributed by atoms with van der Waals surface area (Å²) in [4.78, 5) is 14.7. The van der Waals surface area contributed by atoms with E-state index in [1.54, 1.807) is 0 Å². The van der Waals surface area contributed by atoms with Crippen LogP contribution in [0.2, 0.25) is 0 Å². The Bertz CT molecular complexity index is 405. The Morgan fingerprint density at radius 3 is 2.82 bits per heavy atom. The van der Waals surface area contributed by atoms with Gasteiger partial charge in [0.2, 0.25) is 0 Å². The molecule has 0 aliphatic carbocycles. The maximum Gasteiger partial charge on any atom is 0.291 e. The Balaban J connectivity index is 2.71. The monoisotopic (exact) mass is 186 g/mol. The van der Waals surface area contributed by atoms with Gasteiger partial charge in [-0.1, -0.05) is 20.7 Å². The van der Waals surface area contributed by atoms with Crippen molar-refractivity contribution in [1.82, 2.24) is 4.98 Å². The summed E-state index contributed by atoms with van der Waals surface area (Å²) in [6.07, 6.45) is 1.46. The lowest BCUT2D eigenvalue weighted by Gasteiger charge is -1.97. The predicted molar refractivity (Wildman–Crippen MR) is 44.2 cm³/mol. The molecule has 2 aromatic heterocycles. The molecular formula is C5H2N2O2S2. The maximum atomic E-state index is 10.4. The number of hydrogen-bond acceptors (Lipinski definition) is 5. The quantitative estimate of drug-likeness (QED) is 0.390. The summed E-state index contributed by atoms with van der Waals surface area (Å²) in [5, 5.41) is 10.4. The van der Waals surface area contributed by atoms with Gasteiger partial charge < -0.3 is 0 Å². The molecule has 0 bridgehead atoms. The van der Waals surface area contributed by atoms with Gasteiger partial charge in [0.1, 0.15) is 0 Å². The standard InChI is InChI=1S/C5H2N2O2S2/c8-7(9)3-1-2-6-5-4(3)10-11-5/h1-2H. The van der Waals surface area contributed by atoms with Crippen LogP contribution in [0.15, 0.2) is 12.3 Å². The maximum absolute atomic E-state index is 10.4. The molecule has 0 fully saturated rings. The van der Waals surface area contributed by atoms with Crippen LogP contribution in [-0.4, -0.2) is 9.91 Å². The largest absolute Gasteiger partial charge is 0.291 e. The van der Waals surface area contributed by atoms with Crippen LogP contribution in [-0.2, 0) is 0 Å². The Hall–Kier alpha value is -1.01. The molecule has 4 nitrogen and oxygen atoms in total. The molecule has 0 atom stereocenters. The number of pyridine rings is 1. The first kappa shape index (κ1) is 6.68. The molecule has 0 spiro atoms. The molecule has 6 heteroatoms. The Labute approximate surface area is 68.6 Å². The van der Waals surface area contributed by atoms with Gasteiger partial charge in [-0.25, -0.2) is 4.98 Å². The highest BCUT2D eigenvalue weighted by molar-refractivity contribution is 7.78. The van der Waals surface area contributed by atoms with Gasteiger partial charge in [0, 0.05) is 12.3 Å². The summed E-state index contributed by atoms with van der Waals surface area (Å²) in [6, 6.07) is 1.42. The van der Waals surface area contributed by atoms with E-state index in [0.29, 0.717) is 4.70 Å². The first-order chi connectivity index (χ1) is 5.29. The normalized spacial score (nSPS) is 10.5. The van der Waals surface area contributed by atoms with Crippen molar-refractivity contribution in [3.05, 3.63) is 22.4 Å². The second-order valence-corrected chi connectivity index (χ2v) is 4.02. The zero-order valence-electron chi connectivity index (χ0n) is 5.18. The third-order valence-electron chi connectivity index (χ3n) is 1.25. The lowest BCUT2D eigenvalue weighted by molar-refractivity contribution is -0.382. The fourth-order valence-corrected chi connectivity index (χ4v) is 2.59. The molecule has 2 aromatic rings. The molecule has 0 amide bonds. The molecule has 0 radical (unpaired) electrons. The van der Waals surface area contributed by atoms with Gasteiger partial charge in [-0.2, -0.15) is 0 Å². The molecule has 2 heterocycles. The van der Waals surface area contributed by atoms with E-state index in [9.17, 15) is 10.1 Å². The van der Waals surface area contributed by atoms with Crippen LogP contribution in [0.3, 0.4) is 0 Å². The van der Waals surface area contributed by atoms with Crippen LogP contribution in [0.1, 0.15) is 0 Å². The predicted octanol–water partition coefficient (Wildman–Crippen LogP) is 2.27. The fraction of sp³-hybridized carbons (Fsp3) is 0. The molecule has 0 unspecified atom stereocenters. The Morgan fingerprint density at radius 2 is 2.36 bits per heavy atom. The van der Waals surface area contributed by atoms with Crippen LogP contribution in [0.4, 0.5) is 5.69 Å². The van der Waals surface area contributed by atoms with Crippen LogP contribution in [0.25, 0.3) is 9.53 Å². The van der Waals surface area contributed by atoms with Crippen molar-refractivity contribution in [2.45, 2.75) is 0 Å². The SMILES string of the molecule is O=[N+]([O-])c1ccnc2ssc12. The van der Waals surface area contributed by atoms with Gasteiger partial charge in [-0.15, -0.1) is 0 Å². The van der Waals surface area contributed by atoms with Gasteiger partial charge in [0.05, 0.1) is 4.92 Å². The molecule has 0 aromatic carbocycles. The summed E-state index contributed by atoms with van der Waals surface area (Å²) in [7, 11) is 2.86. The van der Waals surface area contributed by atoms with E-state index < -0.39 is 0 Å². The van der Waals surface area contributed by atoms with E-state index >= 15 is 0 Å². The van der Waals surface area contributed by atoms with E-state index in [1.165, 1.54) is 32.9 Å². The molecule has 0 aliphatic heterocycles. The minimum Gasteiger partial charge on any atom is -0.258 e. The van der Waals surface area contributed by atoms with Crippen LogP contribution < -0.4 is 0 Å². The van der Waals surface area contributed by atoms with Crippen molar-refractivity contribution in [3.63, 3.8) is 0 Å². The topological polar surface area (TPSA) is 56.0 Å². The first-order valence-electron chi connectivity index (χ1n) is 2.77. The van der Waals surface area contributed by atoms with Crippen molar-refractivity contribution >= 4 is 35.9 Å². The highest BCUT2D eigenvalue weighted by Gasteiger charge is 2.15. The summed E-state index contributed by atoms with van der Waals surface area (Å²) < 4.78 is 0.697. The molecular weight excluding hydrogens is 184 g/mol. The number of aromatic nitrogens is 1. The zero-order chi connectivity index (χ0) is 7.84. The number of hydrogen-bond donors (Lipinski definition) is 0. The Morgan fingerprint density at radius 1 is 1.55 bits per heavy atom. The summed E-state index contributed by atoms with van der Waals surface area (Å²) in [5.41, 5.74) is 0.166. The molecule has 11 heavy (non-hydrogen) atoms. The minimum absolute atomic E-state index is 0.166. The highest BCUT2D eigenvalue weighted by atomic mass is 32.9. The third kappa shape index (κ3) is 0.908. The van der Waals surface area contributed by atoms with Crippen molar-refractivity contribution in [1.29, 1.82) is 0 Å². The second kappa shape index (κ2) is 2.24. The van der Waals surface area contributed by atoms with E-state index in [-0.39, 0.29) is 10.6 Å². The molecule has 0 saturated heterocycles. The second-order valence-electron chi connectivity index (χ2n) is 1.89. The van der Waals surface area contributed by atoms with Crippen LogP contribution in [0.5, 0.6) is 0 Å². The van der Waals surface area contributed by atoms with E-state index in [2.05, 4.69) is 4.98 Å². The van der Waals surface area contributed by atoms with Crippen molar-refractivity contribution in [2.75, 3.05) is 0 Å². The molecule has 0 N–H and O–H groups in total. The average Bonchev–Trinajstić information content (AvgIpc) is 1.90. The molecule has 0 aliphatic rings. The Kier molecular flexibility index (Phi) is 1.36. The average molecular weight is 186 g/mol. The fourth-order valence-electron chi connectivity index (χ4n) is 0.748. The van der Waals surface area contributed by atoms with Gasteiger partial charge in [-0.3, -0.25) is 10.1 Å². The minimum atomic E-state index is -0.382. The lowest BCUT2D eigenvalue weighted by atomic mass is 10.4. The summed E-state index contributed by atoms with van der Waals surface area (Å²) >= 11 is 0. The number of rotatable bonds is 1. The number of fused-ring (bicyclic) bond motifs is 1. The van der Waals surface area contributed by atoms with Crippen LogP contribution >= 0.6 is 20.7 Å². The number of nitro groups is 1. The van der Waals surface area contributed by atoms with Gasteiger partial charge in [0.25, 0.3) is 5.69 Å². The third-order valence-corrected chi connectivity index (χ3v) is 3.72. The smallest absolute Gasteiger partial charge is 0.258 e. The molecule has 0 saturated carbocycles. The van der Waals surface area contributed by atoms with E-state index in [4.69, 9.17) is 0 Å². The number of nitrogens with zero attached hydrogens (tertiary/aromatic N) is 2. The van der Waals surface area contributed by atoms with Gasteiger partial charge in [0.15, 0.2) is 9.53 Å². The van der Waals surface area contributed by atoms with Crippen molar-refractivity contribution in [2.24, 2.45) is 0 Å². The van der Waals surface area contributed by atoms with E-state index in [1.807, 2.05) is 0 Å². The zero-order valence-corrected chi connectivity index (χ0v) is 6.82. The molecule has 2 rings (SSSR count). The molecule has 56 valence electrons. The van der Waals surface area contributed by atoms with Crippen molar-refractivity contribution in [3.8, 4) is 0 Å². The van der Waals surface area contributed by atoms with Crippen LogP contribution in [0, 0.1) is 10.1 Å². The summed E-state index contributed by atoms with van der Waals surface area (Å²) in [5.74, 6) is 0. The first-order valence-corrected chi connectivity index (χ1v) is 4.92. The highest BCUT2D eigenvalue weighted by Crippen LogP contribution is 2.36.